The molecule has 94 valence electrons. The Labute approximate surface area is 114 Å². The molecule has 0 aliphatic rings. The number of carbonyl (C=O) groups is 1. The van der Waals surface area contributed by atoms with E-state index < -0.39 is 5.97 Å². The second kappa shape index (κ2) is 6.03. The van der Waals surface area contributed by atoms with Crippen molar-refractivity contribution in [3.05, 3.63) is 47.4 Å². The molecular formula is C14H10N2O2S. The smallest absolute Gasteiger partial charge is 0.349 e. The van der Waals surface area contributed by atoms with Crippen LogP contribution in [-0.4, -0.2) is 18.1 Å². The summed E-state index contributed by atoms with van der Waals surface area (Å²) in [5, 5.41) is 12.0. The molecule has 0 atom stereocenters. The Kier molecular flexibility index (Phi) is 4.16. The molecule has 2 rings (SSSR count). The van der Waals surface area contributed by atoms with E-state index in [1.807, 2.05) is 36.4 Å². The molecule has 5 heteroatoms. The third kappa shape index (κ3) is 3.12. The van der Waals surface area contributed by atoms with E-state index >= 15 is 0 Å². The molecule has 0 N–H and O–H groups in total. The topological polar surface area (TPSA) is 63.0 Å². The number of methoxy groups -OCH3 is 1. The number of nitrogens with zero attached hydrogens (tertiary/aromatic N) is 2. The molecule has 0 aliphatic heterocycles. The average molecular weight is 270 g/mol. The van der Waals surface area contributed by atoms with Crippen LogP contribution in [0.1, 0.15) is 0 Å². The molecule has 1 heterocycles. The molecule has 0 radical (unpaired) electrons. The molecule has 0 aliphatic carbocycles. The summed E-state index contributed by atoms with van der Waals surface area (Å²) in [7, 11) is 1.24. The summed E-state index contributed by atoms with van der Waals surface area (Å²) >= 11 is 1.22. The Morgan fingerprint density at radius 3 is 2.89 bits per heavy atom. The molecule has 0 fully saturated rings. The molecule has 0 amide bonds. The molecule has 2 aromatic rings. The first-order valence-corrected chi connectivity index (χ1v) is 6.33. The average Bonchev–Trinajstić information content (AvgIpc) is 2.47. The Hall–Kier alpha value is -2.32. The number of hydrogen-bond acceptors (Lipinski definition) is 5. The van der Waals surface area contributed by atoms with Gasteiger partial charge in [-0.1, -0.05) is 36.0 Å². The number of thioether (sulfide) groups is 1. The number of aromatic nitrogens is 1. The van der Waals surface area contributed by atoms with Crippen LogP contribution in [0.25, 0.3) is 10.9 Å². The summed E-state index contributed by atoms with van der Waals surface area (Å²) in [6.07, 6.45) is 0. The first-order chi connectivity index (χ1) is 9.24. The first kappa shape index (κ1) is 13.1. The van der Waals surface area contributed by atoms with E-state index in [1.165, 1.54) is 24.3 Å². The van der Waals surface area contributed by atoms with Gasteiger partial charge in [0.25, 0.3) is 0 Å². The third-order valence-electron chi connectivity index (χ3n) is 2.40. The largest absolute Gasteiger partial charge is 0.465 e. The maximum absolute atomic E-state index is 11.2. The highest BCUT2D eigenvalue weighted by atomic mass is 32.2. The Bertz CT molecular complexity index is 689. The number of para-hydroxylation sites is 1. The molecule has 1 aromatic heterocycles. The quantitative estimate of drug-likeness (QED) is 0.371. The molecule has 0 bridgehead atoms. The highest BCUT2D eigenvalue weighted by Crippen LogP contribution is 2.22. The molecular weight excluding hydrogens is 260 g/mol. The minimum atomic E-state index is -0.643. The van der Waals surface area contributed by atoms with Crippen molar-refractivity contribution < 1.29 is 9.53 Å². The lowest BCUT2D eigenvalue weighted by molar-refractivity contribution is -0.135. The lowest BCUT2D eigenvalue weighted by Crippen LogP contribution is -2.02. The number of carbonyl (C=O) groups excluding carboxylic acids is 1. The van der Waals surface area contributed by atoms with Crippen LogP contribution < -0.4 is 0 Å². The van der Waals surface area contributed by atoms with E-state index in [-0.39, 0.29) is 5.57 Å². The molecule has 0 saturated heterocycles. The zero-order valence-electron chi connectivity index (χ0n) is 10.2. The molecule has 0 saturated carbocycles. The summed E-state index contributed by atoms with van der Waals surface area (Å²) < 4.78 is 4.50. The predicted molar refractivity (Wildman–Crippen MR) is 73.3 cm³/mol. The number of ether oxygens (including phenoxy) is 1. The van der Waals surface area contributed by atoms with E-state index in [0.29, 0.717) is 0 Å². The van der Waals surface area contributed by atoms with Crippen LogP contribution >= 0.6 is 11.8 Å². The zero-order chi connectivity index (χ0) is 13.7. The highest BCUT2D eigenvalue weighted by Gasteiger charge is 2.08. The van der Waals surface area contributed by atoms with Gasteiger partial charge in [-0.3, -0.25) is 0 Å². The van der Waals surface area contributed by atoms with Crippen molar-refractivity contribution in [3.63, 3.8) is 0 Å². The van der Waals surface area contributed by atoms with Gasteiger partial charge >= 0.3 is 5.97 Å². The minimum Gasteiger partial charge on any atom is -0.465 e. The van der Waals surface area contributed by atoms with Crippen molar-refractivity contribution in [1.82, 2.24) is 4.98 Å². The van der Waals surface area contributed by atoms with Gasteiger partial charge < -0.3 is 4.74 Å². The SMILES string of the molecule is COC(=O)/C(C#N)=C/Sc1ccc2ccccc2n1. The summed E-state index contributed by atoms with van der Waals surface area (Å²) in [5.41, 5.74) is 0.833. The van der Waals surface area contributed by atoms with E-state index in [9.17, 15) is 4.79 Å². The summed E-state index contributed by atoms with van der Waals surface area (Å²) in [6.45, 7) is 0. The van der Waals surface area contributed by atoms with Crippen LogP contribution in [-0.2, 0) is 9.53 Å². The van der Waals surface area contributed by atoms with Crippen molar-refractivity contribution in [2.75, 3.05) is 7.11 Å². The van der Waals surface area contributed by atoms with Crippen LogP contribution in [0.4, 0.5) is 0 Å². The summed E-state index contributed by atoms with van der Waals surface area (Å²) in [5.74, 6) is -0.643. The van der Waals surface area contributed by atoms with Crippen LogP contribution in [0, 0.1) is 11.3 Å². The molecule has 0 spiro atoms. The molecule has 19 heavy (non-hydrogen) atoms. The van der Waals surface area contributed by atoms with Gasteiger partial charge in [0.1, 0.15) is 16.7 Å². The number of hydrogen-bond donors (Lipinski definition) is 0. The second-order valence-corrected chi connectivity index (χ2v) is 4.48. The number of benzene rings is 1. The van der Waals surface area contributed by atoms with Gasteiger partial charge in [-0.25, -0.2) is 9.78 Å². The highest BCUT2D eigenvalue weighted by molar-refractivity contribution is 8.02. The van der Waals surface area contributed by atoms with Gasteiger partial charge in [0.15, 0.2) is 0 Å². The summed E-state index contributed by atoms with van der Waals surface area (Å²) in [4.78, 5) is 15.7. The summed E-state index contributed by atoms with van der Waals surface area (Å²) in [6, 6.07) is 13.3. The Morgan fingerprint density at radius 2 is 2.16 bits per heavy atom. The predicted octanol–water partition coefficient (Wildman–Crippen LogP) is 2.91. The van der Waals surface area contributed by atoms with E-state index in [0.717, 1.165) is 15.9 Å². The van der Waals surface area contributed by atoms with Crippen molar-refractivity contribution in [2.24, 2.45) is 0 Å². The van der Waals surface area contributed by atoms with E-state index in [4.69, 9.17) is 5.26 Å². The Morgan fingerprint density at radius 1 is 1.37 bits per heavy atom. The molecule has 0 unspecified atom stereocenters. The number of nitriles is 1. The van der Waals surface area contributed by atoms with Gasteiger partial charge in [0.2, 0.25) is 0 Å². The van der Waals surface area contributed by atoms with Crippen molar-refractivity contribution in [2.45, 2.75) is 5.03 Å². The second-order valence-electron chi connectivity index (χ2n) is 3.59. The molecule has 1 aromatic carbocycles. The maximum Gasteiger partial charge on any atom is 0.349 e. The lowest BCUT2D eigenvalue weighted by Gasteiger charge is -2.00. The van der Waals surface area contributed by atoms with Gasteiger partial charge in [-0.05, 0) is 12.1 Å². The van der Waals surface area contributed by atoms with Gasteiger partial charge in [0, 0.05) is 10.8 Å². The van der Waals surface area contributed by atoms with E-state index in [1.54, 1.807) is 6.07 Å². The standard InChI is InChI=1S/C14H10N2O2S/c1-18-14(17)11(8-15)9-19-13-7-6-10-4-2-3-5-12(10)16-13/h2-7,9H,1H3/b11-9+. The number of rotatable bonds is 3. The third-order valence-corrected chi connectivity index (χ3v) is 3.22. The van der Waals surface area contributed by atoms with Gasteiger partial charge in [0.05, 0.1) is 12.6 Å². The van der Waals surface area contributed by atoms with Crippen molar-refractivity contribution in [1.29, 1.82) is 5.26 Å². The van der Waals surface area contributed by atoms with Crippen LogP contribution in [0.5, 0.6) is 0 Å². The fourth-order valence-corrected chi connectivity index (χ4v) is 2.15. The zero-order valence-corrected chi connectivity index (χ0v) is 11.0. The van der Waals surface area contributed by atoms with Crippen LogP contribution in [0.2, 0.25) is 0 Å². The van der Waals surface area contributed by atoms with Gasteiger partial charge in [-0.15, -0.1) is 0 Å². The molecule has 4 nitrogen and oxygen atoms in total. The minimum absolute atomic E-state index is 0.0394. The number of esters is 1. The van der Waals surface area contributed by atoms with Gasteiger partial charge in [-0.2, -0.15) is 5.26 Å². The van der Waals surface area contributed by atoms with Crippen LogP contribution in [0.15, 0.2) is 52.4 Å². The van der Waals surface area contributed by atoms with Crippen molar-refractivity contribution >= 4 is 28.6 Å². The fraction of sp³-hybridized carbons (Fsp3) is 0.0714. The van der Waals surface area contributed by atoms with E-state index in [2.05, 4.69) is 9.72 Å². The fourth-order valence-electron chi connectivity index (χ4n) is 1.46. The number of fused-ring (bicyclic) bond motifs is 1. The van der Waals surface area contributed by atoms with Crippen LogP contribution in [0.3, 0.4) is 0 Å². The Balaban J connectivity index is 2.24. The normalized spacial score (nSPS) is 11.1. The maximum atomic E-state index is 11.2. The van der Waals surface area contributed by atoms with Crippen molar-refractivity contribution in [3.8, 4) is 6.07 Å². The lowest BCUT2D eigenvalue weighted by atomic mass is 10.2. The first-order valence-electron chi connectivity index (χ1n) is 5.45. The number of pyridine rings is 1. The monoisotopic (exact) mass is 270 g/mol.